The van der Waals surface area contributed by atoms with E-state index in [-0.39, 0.29) is 63.0 Å². The summed E-state index contributed by atoms with van der Waals surface area (Å²) in [5, 5.41) is 40.1. The van der Waals surface area contributed by atoms with Gasteiger partial charge in [-0.15, -0.1) is 0 Å². The molecule has 21 nitrogen and oxygen atoms in total. The minimum absolute atomic E-state index is 0.00652. The second kappa shape index (κ2) is 30.8. The number of rotatable bonds is 28. The highest BCUT2D eigenvalue weighted by atomic mass is 16.7. The Bertz CT molecular complexity index is 3990. The van der Waals surface area contributed by atoms with E-state index in [2.05, 4.69) is 9.97 Å². The first-order valence-electron chi connectivity index (χ1n) is 28.9. The molecule has 0 atom stereocenters. The third-order valence-electron chi connectivity index (χ3n) is 14.5. The topological polar surface area (TPSA) is 269 Å². The quantitative estimate of drug-likeness (QED) is 0.0332. The van der Waals surface area contributed by atoms with Gasteiger partial charge in [0.25, 0.3) is 0 Å². The fourth-order valence-corrected chi connectivity index (χ4v) is 10.0. The molecule has 0 radical (unpaired) electrons. The first kappa shape index (κ1) is 64.5. The highest BCUT2D eigenvalue weighted by Crippen LogP contribution is 2.46. The fraction of sp³-hybridized carbons (Fsp3) is 0.243. The number of benzene rings is 6. The Morgan fingerprint density at radius 1 is 0.473 bits per heavy atom. The van der Waals surface area contributed by atoms with Gasteiger partial charge in [-0.2, -0.15) is 0 Å². The monoisotopic (exact) mass is 1240 g/mol. The lowest BCUT2D eigenvalue weighted by Crippen LogP contribution is -2.07. The SMILES string of the molecule is CCCOc1cncc(/C=C(\Cc2cc3c(cc2OC)OCO3)C(=O)O)c1-c1ccc(OC)cc1OCc1ccccc1C(=O)O.CCCOc1cncc(/C=C(\Cc2cc3c(cc2OC)OCO3)C(=O)O)c1-c1ccc(OC)cc1OCc1ccccc1CO. The van der Waals surface area contributed by atoms with Gasteiger partial charge in [0.2, 0.25) is 13.6 Å². The number of ether oxygens (including phenoxy) is 12. The number of methoxy groups -OCH3 is 4. The van der Waals surface area contributed by atoms with Gasteiger partial charge in [-0.1, -0.05) is 56.3 Å². The molecule has 10 rings (SSSR count). The molecule has 4 N–H and O–H groups in total. The maximum atomic E-state index is 12.6. The molecular formula is C70H68N2O19. The van der Waals surface area contributed by atoms with Crippen molar-refractivity contribution in [1.82, 2.24) is 9.97 Å². The summed E-state index contributed by atoms with van der Waals surface area (Å²) in [5.41, 5.74) is 6.92. The second-order valence-corrected chi connectivity index (χ2v) is 20.4. The third kappa shape index (κ3) is 15.7. The van der Waals surface area contributed by atoms with Crippen molar-refractivity contribution in [2.45, 2.75) is 59.4 Å². The molecule has 2 aromatic heterocycles. The number of nitrogens with zero attached hydrogens (tertiary/aromatic N) is 2. The molecule has 0 fully saturated rings. The zero-order valence-corrected chi connectivity index (χ0v) is 50.9. The Hall–Kier alpha value is -10.9. The lowest BCUT2D eigenvalue weighted by molar-refractivity contribution is -0.133. The van der Waals surface area contributed by atoms with Crippen molar-refractivity contribution in [3.05, 3.63) is 190 Å². The zero-order valence-electron chi connectivity index (χ0n) is 50.9. The highest BCUT2D eigenvalue weighted by Gasteiger charge is 2.26. The fourth-order valence-electron chi connectivity index (χ4n) is 10.0. The number of carboxylic acid groups (broad SMARTS) is 3. The van der Waals surface area contributed by atoms with Crippen molar-refractivity contribution in [2.24, 2.45) is 0 Å². The number of carboxylic acids is 3. The molecule has 0 bridgehead atoms. The summed E-state index contributed by atoms with van der Waals surface area (Å²) in [4.78, 5) is 45.8. The average Bonchev–Trinajstić information content (AvgIpc) is 1.54. The Morgan fingerprint density at radius 3 is 1.32 bits per heavy atom. The van der Waals surface area contributed by atoms with E-state index in [0.29, 0.717) is 132 Å². The summed E-state index contributed by atoms with van der Waals surface area (Å²) in [6, 6.07) is 31.5. The van der Waals surface area contributed by atoms with Crippen LogP contribution in [-0.2, 0) is 42.3 Å². The Kier molecular flexibility index (Phi) is 21.9. The smallest absolute Gasteiger partial charge is 0.336 e. The van der Waals surface area contributed by atoms with Gasteiger partial charge in [-0.05, 0) is 78.6 Å². The van der Waals surface area contributed by atoms with Gasteiger partial charge in [-0.3, -0.25) is 9.97 Å². The van der Waals surface area contributed by atoms with Gasteiger partial charge in [-0.25, -0.2) is 14.4 Å². The first-order valence-corrected chi connectivity index (χ1v) is 28.9. The van der Waals surface area contributed by atoms with E-state index < -0.39 is 17.9 Å². The van der Waals surface area contributed by atoms with Crippen LogP contribution in [0.2, 0.25) is 0 Å². The van der Waals surface area contributed by atoms with Crippen molar-refractivity contribution in [1.29, 1.82) is 0 Å². The zero-order chi connectivity index (χ0) is 64.4. The van der Waals surface area contributed by atoms with Crippen LogP contribution in [0.4, 0.5) is 0 Å². The van der Waals surface area contributed by atoms with Crippen LogP contribution in [0.1, 0.15) is 76.0 Å². The van der Waals surface area contributed by atoms with E-state index in [9.17, 15) is 34.8 Å². The second-order valence-electron chi connectivity index (χ2n) is 20.4. The van der Waals surface area contributed by atoms with Gasteiger partial charge in [0.1, 0.15) is 59.2 Å². The molecule has 6 aromatic carbocycles. The van der Waals surface area contributed by atoms with E-state index in [0.717, 1.165) is 24.0 Å². The molecule has 91 heavy (non-hydrogen) atoms. The van der Waals surface area contributed by atoms with E-state index >= 15 is 0 Å². The molecule has 8 aromatic rings. The van der Waals surface area contributed by atoms with Crippen LogP contribution in [0.5, 0.6) is 69.0 Å². The Labute approximate surface area is 525 Å². The number of aliphatic carboxylic acids is 2. The molecule has 0 saturated heterocycles. The molecular weight excluding hydrogens is 1170 g/mol. The molecule has 0 aliphatic carbocycles. The summed E-state index contributed by atoms with van der Waals surface area (Å²) in [5.74, 6) is 2.55. The van der Waals surface area contributed by atoms with Gasteiger partial charge in [0.05, 0.1) is 66.2 Å². The predicted octanol–water partition coefficient (Wildman–Crippen LogP) is 12.3. The largest absolute Gasteiger partial charge is 0.497 e. The number of hydrogen-bond acceptors (Lipinski definition) is 18. The van der Waals surface area contributed by atoms with Crippen molar-refractivity contribution in [3.8, 4) is 91.2 Å². The number of fused-ring (bicyclic) bond motifs is 2. The summed E-state index contributed by atoms with van der Waals surface area (Å²) in [6.45, 7) is 4.96. The molecule has 0 spiro atoms. The number of aromatic nitrogens is 2. The maximum Gasteiger partial charge on any atom is 0.336 e. The van der Waals surface area contributed by atoms with Gasteiger partial charge < -0.3 is 77.3 Å². The Morgan fingerprint density at radius 2 is 0.901 bits per heavy atom. The van der Waals surface area contributed by atoms with Crippen molar-refractivity contribution in [2.75, 3.05) is 55.2 Å². The number of hydrogen-bond donors (Lipinski definition) is 4. The lowest BCUT2D eigenvalue weighted by atomic mass is 9.95. The minimum atomic E-state index is -1.14. The molecule has 2 aliphatic heterocycles. The predicted molar refractivity (Wildman–Crippen MR) is 335 cm³/mol. The van der Waals surface area contributed by atoms with E-state index in [1.165, 1.54) is 27.4 Å². The van der Waals surface area contributed by atoms with Crippen LogP contribution in [-0.4, -0.2) is 104 Å². The van der Waals surface area contributed by atoms with Crippen LogP contribution in [0, 0.1) is 0 Å². The molecule has 0 saturated carbocycles. The van der Waals surface area contributed by atoms with Crippen molar-refractivity contribution in [3.63, 3.8) is 0 Å². The number of aliphatic hydroxyl groups is 1. The van der Waals surface area contributed by atoms with E-state index in [1.807, 2.05) is 44.2 Å². The molecule has 4 heterocycles. The lowest BCUT2D eigenvalue weighted by Gasteiger charge is -2.19. The summed E-state index contributed by atoms with van der Waals surface area (Å²) in [7, 11) is 6.12. The summed E-state index contributed by atoms with van der Waals surface area (Å²) < 4.78 is 68.8. The molecule has 2 aliphatic rings. The average molecular weight is 1240 g/mol. The van der Waals surface area contributed by atoms with Crippen LogP contribution < -0.4 is 56.8 Å². The highest BCUT2D eigenvalue weighted by molar-refractivity contribution is 5.97. The third-order valence-corrected chi connectivity index (χ3v) is 14.5. The maximum absolute atomic E-state index is 12.6. The Balaban J connectivity index is 0.000000215. The van der Waals surface area contributed by atoms with E-state index in [4.69, 9.17) is 56.8 Å². The van der Waals surface area contributed by atoms with Crippen LogP contribution in [0.3, 0.4) is 0 Å². The number of pyridine rings is 2. The first-order chi connectivity index (χ1) is 44.3. The van der Waals surface area contributed by atoms with Gasteiger partial charge >= 0.3 is 17.9 Å². The number of aromatic carboxylic acids is 1. The van der Waals surface area contributed by atoms with Crippen molar-refractivity contribution >= 4 is 30.1 Å². The number of aliphatic hydroxyl groups excluding tert-OH is 1. The van der Waals surface area contributed by atoms with Crippen LogP contribution in [0.25, 0.3) is 34.4 Å². The molecule has 0 unspecified atom stereocenters. The van der Waals surface area contributed by atoms with Crippen molar-refractivity contribution < 1.29 is 91.7 Å². The minimum Gasteiger partial charge on any atom is -0.497 e. The van der Waals surface area contributed by atoms with Gasteiger partial charge in [0, 0.05) is 111 Å². The van der Waals surface area contributed by atoms with E-state index in [1.54, 1.807) is 117 Å². The van der Waals surface area contributed by atoms with Crippen LogP contribution in [0.15, 0.2) is 145 Å². The molecule has 0 amide bonds. The summed E-state index contributed by atoms with van der Waals surface area (Å²) >= 11 is 0. The standard InChI is InChI=1S/C35H33NO10.C35H35NO9/c1-4-11-43-32-18-36-17-24(13-23(34(37)38)12-22-14-30-31(46-20-45-30)16-28(22)42-3)33(32)27-10-9-25(41-2)15-29(27)44-19-21-7-5-6-8-26(21)35(39)40;1-4-11-42-33-18-36-17-26(13-25(35(38)39)12-24-14-31-32(45-21-44-31)16-29(24)41-3)34(33)28-10-9-27(40-2)15-30(28)43-20-23-8-6-5-7-22(23)19-37/h5-10,13-18H,4,11-12,19-20H2,1-3H3,(H,37,38)(H,39,40);5-10,13-18,37H,4,11-12,19-21H2,1-3H3,(H,38,39)/b23-13+;25-13+. The van der Waals surface area contributed by atoms with Crippen LogP contribution >= 0.6 is 0 Å². The molecule has 472 valence electrons. The summed E-state index contributed by atoms with van der Waals surface area (Å²) in [6.07, 6.45) is 11.0. The number of carbonyl (C=O) groups is 3. The normalized spacial score (nSPS) is 12.1. The van der Waals surface area contributed by atoms with Gasteiger partial charge in [0.15, 0.2) is 23.0 Å². The molecule has 21 heteroatoms.